The molecule has 13 heteroatoms. The van der Waals surface area contributed by atoms with Gasteiger partial charge >= 0.3 is 0 Å². The third-order valence-electron chi connectivity index (χ3n) is 5.96. The van der Waals surface area contributed by atoms with Crippen LogP contribution in [-0.2, 0) is 10.0 Å². The van der Waals surface area contributed by atoms with E-state index in [9.17, 15) is 13.2 Å². The first kappa shape index (κ1) is 27.4. The molecule has 2 heterocycles. The highest BCUT2D eigenvalue weighted by Crippen LogP contribution is 2.27. The minimum atomic E-state index is -3.86. The maximum atomic E-state index is 13.4. The van der Waals surface area contributed by atoms with Gasteiger partial charge in [0.05, 0.1) is 16.0 Å². The largest absolute Gasteiger partial charge is 0.340 e. The van der Waals surface area contributed by atoms with Crippen molar-refractivity contribution in [1.29, 1.82) is 0 Å². The van der Waals surface area contributed by atoms with Crippen molar-refractivity contribution in [1.82, 2.24) is 29.7 Å². The number of terminal acetylenes is 1. The van der Waals surface area contributed by atoms with Gasteiger partial charge in [-0.2, -0.15) is 4.31 Å². The van der Waals surface area contributed by atoms with Gasteiger partial charge in [0.1, 0.15) is 12.1 Å². The minimum Gasteiger partial charge on any atom is -0.340 e. The lowest BCUT2D eigenvalue weighted by Crippen LogP contribution is -2.37. The van der Waals surface area contributed by atoms with Crippen LogP contribution in [0.5, 0.6) is 0 Å². The third-order valence-corrected chi connectivity index (χ3v) is 7.81. The van der Waals surface area contributed by atoms with Crippen molar-refractivity contribution in [3.63, 3.8) is 0 Å². The van der Waals surface area contributed by atoms with Crippen LogP contribution in [0.4, 0.5) is 17.5 Å². The van der Waals surface area contributed by atoms with E-state index >= 15 is 0 Å². The molecular formula is C26H26N8O4S. The van der Waals surface area contributed by atoms with Gasteiger partial charge in [-0.1, -0.05) is 12.0 Å². The lowest BCUT2D eigenvalue weighted by atomic mass is 10.2. The van der Waals surface area contributed by atoms with E-state index in [4.69, 9.17) is 11.6 Å². The van der Waals surface area contributed by atoms with Crippen LogP contribution >= 0.6 is 0 Å². The van der Waals surface area contributed by atoms with Gasteiger partial charge in [0.15, 0.2) is 0 Å². The molecule has 0 unspecified atom stereocenters. The predicted molar refractivity (Wildman–Crippen MR) is 146 cm³/mol. The topological polar surface area (TPSA) is 154 Å². The summed E-state index contributed by atoms with van der Waals surface area (Å²) in [5, 5.41) is 12.5. The van der Waals surface area contributed by atoms with Gasteiger partial charge in [-0.25, -0.2) is 33.8 Å². The fraction of sp³-hybridized carbons (Fsp3) is 0.192. The summed E-state index contributed by atoms with van der Waals surface area (Å²) in [4.78, 5) is 30.2. The van der Waals surface area contributed by atoms with Crippen LogP contribution in [0.3, 0.4) is 0 Å². The number of benzene rings is 2. The lowest BCUT2D eigenvalue weighted by molar-refractivity contribution is 0.0705. The van der Waals surface area contributed by atoms with E-state index in [1.54, 1.807) is 29.2 Å². The second kappa shape index (κ2) is 11.8. The Balaban J connectivity index is 1.53. The summed E-state index contributed by atoms with van der Waals surface area (Å²) in [6.07, 6.45) is 9.46. The molecule has 200 valence electrons. The average molecular weight is 547 g/mol. The number of amides is 1. The quantitative estimate of drug-likeness (QED) is 0.153. The fourth-order valence-corrected chi connectivity index (χ4v) is 4.94. The van der Waals surface area contributed by atoms with Crippen LogP contribution < -0.4 is 15.7 Å². The first-order chi connectivity index (χ1) is 18.8. The van der Waals surface area contributed by atoms with Gasteiger partial charge in [-0.05, 0) is 43.3 Å². The molecule has 0 saturated carbocycles. The Bertz CT molecular complexity index is 1640. The number of sulfonamides is 1. The second-order valence-electron chi connectivity index (χ2n) is 8.37. The molecule has 0 aliphatic carbocycles. The van der Waals surface area contributed by atoms with Gasteiger partial charge in [0.25, 0.3) is 5.91 Å². The summed E-state index contributed by atoms with van der Waals surface area (Å²) >= 11 is 0. The van der Waals surface area contributed by atoms with Gasteiger partial charge in [-0.3, -0.25) is 10.0 Å². The summed E-state index contributed by atoms with van der Waals surface area (Å²) in [6.45, 7) is 2.82. The molecule has 0 aliphatic rings. The Kier molecular flexibility index (Phi) is 8.30. The number of likely N-dealkylation sites (N-methyl/N-ethyl adjacent to an activating group) is 2. The summed E-state index contributed by atoms with van der Waals surface area (Å²) in [6, 6.07) is 11.9. The monoisotopic (exact) mass is 546 g/mol. The van der Waals surface area contributed by atoms with E-state index in [1.807, 2.05) is 19.1 Å². The molecule has 0 spiro atoms. The minimum absolute atomic E-state index is 0.0893. The van der Waals surface area contributed by atoms with Crippen LogP contribution in [0, 0.1) is 12.3 Å². The number of nitrogens with zero attached hydrogens (tertiary/aromatic N) is 6. The first-order valence-corrected chi connectivity index (χ1v) is 13.3. The van der Waals surface area contributed by atoms with Crippen molar-refractivity contribution in [2.24, 2.45) is 0 Å². The molecule has 2 aromatic heterocycles. The fourth-order valence-electron chi connectivity index (χ4n) is 3.75. The van der Waals surface area contributed by atoms with Crippen molar-refractivity contribution >= 4 is 44.3 Å². The van der Waals surface area contributed by atoms with Gasteiger partial charge in [-0.15, -0.1) is 6.42 Å². The van der Waals surface area contributed by atoms with Gasteiger partial charge in [0, 0.05) is 55.7 Å². The second-order valence-corrected chi connectivity index (χ2v) is 10.4. The van der Waals surface area contributed by atoms with E-state index in [2.05, 4.69) is 31.2 Å². The number of aromatic nitrogens is 4. The first-order valence-electron chi connectivity index (χ1n) is 11.8. The molecule has 1 amide bonds. The molecule has 4 rings (SSSR count). The highest BCUT2D eigenvalue weighted by molar-refractivity contribution is 7.89. The standard InChI is InChI=1S/C26H26N8O4S/c1-4-18-7-6-8-20(13-18)31-24-22-14-21(9-10-23(22)29-17-30-24)39(37,38)33(3)11-12-34(5-2)26-27-15-19(16-28-26)25(35)32-36/h1,6-10,13-17,36H,5,11-12H2,2-3H3,(H,32,35)(H,29,30,31). The Hall–Kier alpha value is -4.64. The van der Waals surface area contributed by atoms with Crippen LogP contribution in [0.25, 0.3) is 10.9 Å². The number of hydrogen-bond acceptors (Lipinski definition) is 10. The van der Waals surface area contributed by atoms with Crippen molar-refractivity contribution in [2.75, 3.05) is 36.9 Å². The van der Waals surface area contributed by atoms with Crippen molar-refractivity contribution in [3.05, 3.63) is 72.3 Å². The Morgan fingerprint density at radius 2 is 1.85 bits per heavy atom. The van der Waals surface area contributed by atoms with Crippen molar-refractivity contribution in [3.8, 4) is 12.3 Å². The lowest BCUT2D eigenvalue weighted by Gasteiger charge is -2.24. The number of rotatable bonds is 10. The average Bonchev–Trinajstić information content (AvgIpc) is 2.97. The molecule has 3 N–H and O–H groups in total. The van der Waals surface area contributed by atoms with Gasteiger partial charge < -0.3 is 10.2 Å². The number of nitrogens with one attached hydrogen (secondary N) is 2. The Morgan fingerprint density at radius 1 is 1.08 bits per heavy atom. The number of fused-ring (bicyclic) bond motifs is 1. The molecule has 2 aromatic carbocycles. The number of carbonyl (C=O) groups is 1. The van der Waals surface area contributed by atoms with Crippen molar-refractivity contribution in [2.45, 2.75) is 11.8 Å². The maximum absolute atomic E-state index is 13.4. The number of carbonyl (C=O) groups excluding carboxylic acids is 1. The SMILES string of the molecule is C#Cc1cccc(Nc2ncnc3ccc(S(=O)(=O)N(C)CCN(CC)c4ncc(C(=O)NO)cn4)cc23)c1. The van der Waals surface area contributed by atoms with E-state index in [1.165, 1.54) is 41.6 Å². The van der Waals surface area contributed by atoms with Gasteiger partial charge in [0.2, 0.25) is 16.0 Å². The summed E-state index contributed by atoms with van der Waals surface area (Å²) in [5.41, 5.74) is 3.60. The van der Waals surface area contributed by atoms with Crippen LogP contribution in [0.15, 0.2) is 66.1 Å². The van der Waals surface area contributed by atoms with Crippen LogP contribution in [0.2, 0.25) is 0 Å². The molecule has 0 atom stereocenters. The molecule has 0 saturated heterocycles. The molecule has 0 aliphatic heterocycles. The molecule has 0 bridgehead atoms. The maximum Gasteiger partial charge on any atom is 0.277 e. The zero-order valence-corrected chi connectivity index (χ0v) is 22.1. The number of anilines is 3. The van der Waals surface area contributed by atoms with Crippen LogP contribution in [0.1, 0.15) is 22.8 Å². The van der Waals surface area contributed by atoms with E-state index in [-0.39, 0.29) is 17.0 Å². The van der Waals surface area contributed by atoms with Crippen molar-refractivity contribution < 1.29 is 18.4 Å². The molecule has 0 radical (unpaired) electrons. The predicted octanol–water partition coefficient (Wildman–Crippen LogP) is 2.41. The Labute approximate surface area is 225 Å². The van der Waals surface area contributed by atoms with E-state index < -0.39 is 15.9 Å². The Morgan fingerprint density at radius 3 is 2.54 bits per heavy atom. The number of hydroxylamine groups is 1. The molecule has 4 aromatic rings. The normalized spacial score (nSPS) is 11.3. The molecule has 39 heavy (non-hydrogen) atoms. The van der Waals surface area contributed by atoms with E-state index in [0.717, 1.165) is 0 Å². The summed E-state index contributed by atoms with van der Waals surface area (Å²) in [7, 11) is -2.37. The summed E-state index contributed by atoms with van der Waals surface area (Å²) in [5.74, 6) is 2.63. The zero-order chi connectivity index (χ0) is 28.0. The highest BCUT2D eigenvalue weighted by Gasteiger charge is 2.23. The van der Waals surface area contributed by atoms with Crippen LogP contribution in [-0.4, -0.2) is 70.5 Å². The highest BCUT2D eigenvalue weighted by atomic mass is 32.2. The zero-order valence-electron chi connectivity index (χ0n) is 21.2. The molecule has 0 fully saturated rings. The summed E-state index contributed by atoms with van der Waals surface area (Å²) < 4.78 is 28.1. The third kappa shape index (κ3) is 6.10. The molecular weight excluding hydrogens is 520 g/mol. The smallest absolute Gasteiger partial charge is 0.277 e. The van der Waals surface area contributed by atoms with E-state index in [0.29, 0.717) is 47.0 Å². The number of hydrogen-bond donors (Lipinski definition) is 3. The molecule has 12 nitrogen and oxygen atoms in total.